The van der Waals surface area contributed by atoms with Crippen molar-refractivity contribution in [3.63, 3.8) is 0 Å². The van der Waals surface area contributed by atoms with Crippen LogP contribution in [0.25, 0.3) is 6.08 Å². The van der Waals surface area contributed by atoms with Crippen LogP contribution in [0.5, 0.6) is 0 Å². The Balaban J connectivity index is 2.12. The predicted octanol–water partition coefficient (Wildman–Crippen LogP) is 4.99. The molecule has 118 valence electrons. The topological polar surface area (TPSA) is 37.3 Å². The number of fused-ring (bicyclic) bond motifs is 3. The molecule has 0 heterocycles. The van der Waals surface area contributed by atoms with Crippen LogP contribution in [0.15, 0.2) is 24.3 Å². The van der Waals surface area contributed by atoms with Gasteiger partial charge in [0, 0.05) is 11.3 Å². The first kappa shape index (κ1) is 15.3. The van der Waals surface area contributed by atoms with Gasteiger partial charge in [0.05, 0.1) is 5.41 Å². The number of aliphatic carboxylic acids is 1. The maximum absolute atomic E-state index is 11.9. The number of carbonyl (C=O) groups is 1. The standard InChI is InChI=1S/C20H26O2/c1-13(2)14-6-8-16-15(12-14)7-9-17-19(16,3)10-5-11-20(17,4)18(21)22/h6-9,12-13,17H,5,10-11H2,1-4H3,(H,21,22). The number of allylic oxidation sites excluding steroid dienone is 1. The van der Waals surface area contributed by atoms with E-state index in [0.29, 0.717) is 5.92 Å². The summed E-state index contributed by atoms with van der Waals surface area (Å²) < 4.78 is 0. The minimum absolute atomic E-state index is 0.0645. The van der Waals surface area contributed by atoms with Crippen LogP contribution in [0.3, 0.4) is 0 Å². The number of carboxylic acids is 1. The molecule has 2 heteroatoms. The maximum Gasteiger partial charge on any atom is 0.309 e. The van der Waals surface area contributed by atoms with Gasteiger partial charge in [-0.1, -0.05) is 57.5 Å². The van der Waals surface area contributed by atoms with Gasteiger partial charge in [-0.05, 0) is 42.4 Å². The van der Waals surface area contributed by atoms with Crippen LogP contribution in [0.4, 0.5) is 0 Å². The quantitative estimate of drug-likeness (QED) is 0.835. The van der Waals surface area contributed by atoms with Crippen LogP contribution in [-0.2, 0) is 10.2 Å². The lowest BCUT2D eigenvalue weighted by Gasteiger charge is -2.51. The predicted molar refractivity (Wildman–Crippen MR) is 90.0 cm³/mol. The molecule has 1 N–H and O–H groups in total. The van der Waals surface area contributed by atoms with E-state index in [0.717, 1.165) is 19.3 Å². The number of benzene rings is 1. The highest BCUT2D eigenvalue weighted by atomic mass is 16.4. The van der Waals surface area contributed by atoms with E-state index in [9.17, 15) is 9.90 Å². The molecule has 0 aromatic heterocycles. The molecule has 22 heavy (non-hydrogen) atoms. The number of rotatable bonds is 2. The highest BCUT2D eigenvalue weighted by molar-refractivity contribution is 5.77. The third-order valence-corrected chi connectivity index (χ3v) is 6.08. The highest BCUT2D eigenvalue weighted by Crippen LogP contribution is 2.56. The second kappa shape index (κ2) is 4.97. The molecule has 1 fully saturated rings. The van der Waals surface area contributed by atoms with Gasteiger partial charge in [-0.2, -0.15) is 0 Å². The molecule has 2 aliphatic rings. The van der Waals surface area contributed by atoms with E-state index in [1.165, 1.54) is 16.7 Å². The normalized spacial score (nSPS) is 33.4. The zero-order chi connectivity index (χ0) is 16.1. The lowest BCUT2D eigenvalue weighted by Crippen LogP contribution is -2.50. The Kier molecular flexibility index (Phi) is 3.47. The van der Waals surface area contributed by atoms with Crippen LogP contribution >= 0.6 is 0 Å². The van der Waals surface area contributed by atoms with E-state index in [1.807, 2.05) is 6.92 Å². The van der Waals surface area contributed by atoms with Crippen molar-refractivity contribution in [1.82, 2.24) is 0 Å². The molecular formula is C20H26O2. The second-order valence-corrected chi connectivity index (χ2v) is 7.83. The largest absolute Gasteiger partial charge is 0.481 e. The van der Waals surface area contributed by atoms with E-state index < -0.39 is 11.4 Å². The van der Waals surface area contributed by atoms with Crippen LogP contribution in [0.2, 0.25) is 0 Å². The Bertz CT molecular complexity index is 643. The molecule has 3 rings (SSSR count). The fraction of sp³-hybridized carbons (Fsp3) is 0.550. The summed E-state index contributed by atoms with van der Waals surface area (Å²) in [5.74, 6) is -0.0705. The van der Waals surface area contributed by atoms with E-state index in [2.05, 4.69) is 51.1 Å². The molecule has 0 aliphatic heterocycles. The molecule has 1 aromatic carbocycles. The van der Waals surface area contributed by atoms with Gasteiger partial charge in [0.1, 0.15) is 0 Å². The first-order valence-corrected chi connectivity index (χ1v) is 8.35. The lowest BCUT2D eigenvalue weighted by molar-refractivity contribution is -0.154. The second-order valence-electron chi connectivity index (χ2n) is 7.83. The van der Waals surface area contributed by atoms with Crippen LogP contribution in [0, 0.1) is 11.3 Å². The summed E-state index contributed by atoms with van der Waals surface area (Å²) in [4.78, 5) is 11.9. The molecule has 3 unspecified atom stereocenters. The monoisotopic (exact) mass is 298 g/mol. The number of hydrogen-bond donors (Lipinski definition) is 1. The van der Waals surface area contributed by atoms with Crippen molar-refractivity contribution in [2.45, 2.75) is 58.3 Å². The zero-order valence-electron chi connectivity index (χ0n) is 14.0. The fourth-order valence-corrected chi connectivity index (χ4v) is 4.60. The first-order chi connectivity index (χ1) is 10.3. The summed E-state index contributed by atoms with van der Waals surface area (Å²) in [6, 6.07) is 6.75. The third kappa shape index (κ3) is 2.04. The number of hydrogen-bond acceptors (Lipinski definition) is 1. The van der Waals surface area contributed by atoms with E-state index in [4.69, 9.17) is 0 Å². The zero-order valence-corrected chi connectivity index (χ0v) is 14.0. The smallest absolute Gasteiger partial charge is 0.309 e. The summed E-state index contributed by atoms with van der Waals surface area (Å²) in [5, 5.41) is 9.78. The van der Waals surface area contributed by atoms with Gasteiger partial charge >= 0.3 is 5.97 Å². The lowest BCUT2D eigenvalue weighted by atomic mass is 9.51. The van der Waals surface area contributed by atoms with Gasteiger partial charge < -0.3 is 5.11 Å². The highest BCUT2D eigenvalue weighted by Gasteiger charge is 2.53. The van der Waals surface area contributed by atoms with Gasteiger partial charge in [0.25, 0.3) is 0 Å². The van der Waals surface area contributed by atoms with E-state index in [-0.39, 0.29) is 11.3 Å². The molecular weight excluding hydrogens is 272 g/mol. The summed E-state index contributed by atoms with van der Waals surface area (Å²) in [7, 11) is 0. The molecule has 0 saturated heterocycles. The Morgan fingerprint density at radius 1 is 1.27 bits per heavy atom. The molecule has 1 aromatic rings. The summed E-state index contributed by atoms with van der Waals surface area (Å²) in [6.07, 6.45) is 7.14. The van der Waals surface area contributed by atoms with Crippen molar-refractivity contribution in [2.75, 3.05) is 0 Å². The van der Waals surface area contributed by atoms with Gasteiger partial charge in [-0.15, -0.1) is 0 Å². The number of carboxylic acid groups (broad SMARTS) is 1. The Hall–Kier alpha value is -1.57. The SMILES string of the molecule is CC(C)c1ccc2c(c1)C=CC1C(C)(C(=O)O)CCCC21C. The van der Waals surface area contributed by atoms with Crippen molar-refractivity contribution < 1.29 is 9.90 Å². The van der Waals surface area contributed by atoms with Crippen LogP contribution in [-0.4, -0.2) is 11.1 Å². The molecule has 0 radical (unpaired) electrons. The van der Waals surface area contributed by atoms with Gasteiger partial charge in [-0.25, -0.2) is 0 Å². The van der Waals surface area contributed by atoms with Crippen molar-refractivity contribution >= 4 is 12.0 Å². The van der Waals surface area contributed by atoms with Crippen LogP contribution in [0.1, 0.15) is 69.6 Å². The molecule has 0 bridgehead atoms. The fourth-order valence-electron chi connectivity index (χ4n) is 4.60. The maximum atomic E-state index is 11.9. The van der Waals surface area contributed by atoms with E-state index in [1.54, 1.807) is 0 Å². The Morgan fingerprint density at radius 3 is 2.64 bits per heavy atom. The molecule has 0 spiro atoms. The molecule has 2 aliphatic carbocycles. The third-order valence-electron chi connectivity index (χ3n) is 6.08. The Labute approximate surface area is 133 Å². The van der Waals surface area contributed by atoms with E-state index >= 15 is 0 Å². The average Bonchev–Trinajstić information content (AvgIpc) is 2.46. The summed E-state index contributed by atoms with van der Waals surface area (Å²) in [6.45, 7) is 8.60. The minimum atomic E-state index is -0.657. The minimum Gasteiger partial charge on any atom is -0.481 e. The Morgan fingerprint density at radius 2 is 2.00 bits per heavy atom. The van der Waals surface area contributed by atoms with Crippen LogP contribution < -0.4 is 0 Å². The van der Waals surface area contributed by atoms with Crippen molar-refractivity contribution in [3.05, 3.63) is 41.0 Å². The van der Waals surface area contributed by atoms with Gasteiger partial charge in [0.15, 0.2) is 0 Å². The first-order valence-electron chi connectivity index (χ1n) is 8.35. The molecule has 3 atom stereocenters. The van der Waals surface area contributed by atoms with Gasteiger partial charge in [-0.3, -0.25) is 4.79 Å². The van der Waals surface area contributed by atoms with Gasteiger partial charge in [0.2, 0.25) is 0 Å². The van der Waals surface area contributed by atoms with Crippen molar-refractivity contribution in [1.29, 1.82) is 0 Å². The molecule has 0 amide bonds. The summed E-state index contributed by atoms with van der Waals surface area (Å²) in [5.41, 5.74) is 3.24. The average molecular weight is 298 g/mol. The van der Waals surface area contributed by atoms with Crippen molar-refractivity contribution in [3.8, 4) is 0 Å². The van der Waals surface area contributed by atoms with Crippen molar-refractivity contribution in [2.24, 2.45) is 11.3 Å². The summed E-state index contributed by atoms with van der Waals surface area (Å²) >= 11 is 0. The molecule has 1 saturated carbocycles. The molecule has 2 nitrogen and oxygen atoms in total.